The highest BCUT2D eigenvalue weighted by Crippen LogP contribution is 2.19. The van der Waals surface area contributed by atoms with E-state index in [4.69, 9.17) is 5.84 Å². The molecule has 4 N–H and O–H groups in total. The number of hydrogen-bond acceptors (Lipinski definition) is 5. The van der Waals surface area contributed by atoms with Gasteiger partial charge in [-0.05, 0) is 24.6 Å². The van der Waals surface area contributed by atoms with Gasteiger partial charge in [0.25, 0.3) is 0 Å². The monoisotopic (exact) mass is 248 g/mol. The fraction of sp³-hybridized carbons (Fsp3) is 0.250. The zero-order valence-electron chi connectivity index (χ0n) is 9.73. The molecule has 0 aliphatic rings. The van der Waals surface area contributed by atoms with Crippen LogP contribution in [0.1, 0.15) is 16.7 Å². The fourth-order valence-corrected chi connectivity index (χ4v) is 2.41. The smallest absolute Gasteiger partial charge is 0.141 e. The molecular weight excluding hydrogens is 232 g/mol. The molecule has 5 heteroatoms. The minimum atomic E-state index is 0.662. The summed E-state index contributed by atoms with van der Waals surface area (Å²) >= 11 is 1.84. The number of nitrogens with zero attached hydrogens (tertiary/aromatic N) is 1. The number of rotatable bonds is 5. The van der Waals surface area contributed by atoms with Crippen molar-refractivity contribution in [2.75, 3.05) is 10.7 Å². The molecule has 90 valence electrons. The number of nitrogen functional groups attached to an aromatic ring is 1. The van der Waals surface area contributed by atoms with E-state index in [9.17, 15) is 0 Å². The van der Waals surface area contributed by atoms with Gasteiger partial charge in [0.2, 0.25) is 0 Å². The highest BCUT2D eigenvalue weighted by Gasteiger charge is 1.99. The predicted molar refractivity (Wildman–Crippen MR) is 73.1 cm³/mol. The zero-order chi connectivity index (χ0) is 12.1. The van der Waals surface area contributed by atoms with Crippen LogP contribution in [0.3, 0.4) is 0 Å². The molecule has 0 aliphatic carbocycles. The summed E-state index contributed by atoms with van der Waals surface area (Å²) in [6, 6.07) is 8.16. The maximum absolute atomic E-state index is 5.31. The van der Waals surface area contributed by atoms with Gasteiger partial charge in [0.15, 0.2) is 0 Å². The van der Waals surface area contributed by atoms with Gasteiger partial charge in [0.1, 0.15) is 5.82 Å². The highest BCUT2D eigenvalue weighted by atomic mass is 32.1. The van der Waals surface area contributed by atoms with Crippen LogP contribution in [0, 0.1) is 0 Å². The summed E-state index contributed by atoms with van der Waals surface area (Å²) in [5.74, 6) is 5.97. The molecule has 2 aromatic heterocycles. The SMILES string of the molecule is CCc1ccc(CNc2ccnc(NN)c2)s1. The molecular formula is C12H16N4S. The van der Waals surface area contributed by atoms with Crippen molar-refractivity contribution in [3.8, 4) is 0 Å². The highest BCUT2D eigenvalue weighted by molar-refractivity contribution is 7.12. The average Bonchev–Trinajstić information content (AvgIpc) is 2.84. The van der Waals surface area contributed by atoms with Gasteiger partial charge in [-0.1, -0.05) is 6.92 Å². The molecule has 0 aliphatic heterocycles. The van der Waals surface area contributed by atoms with Crippen molar-refractivity contribution in [3.63, 3.8) is 0 Å². The van der Waals surface area contributed by atoms with Gasteiger partial charge in [0.05, 0.1) is 0 Å². The third-order valence-electron chi connectivity index (χ3n) is 2.44. The van der Waals surface area contributed by atoms with Gasteiger partial charge >= 0.3 is 0 Å². The molecule has 0 saturated heterocycles. The standard InChI is InChI=1S/C12H16N4S/c1-2-10-3-4-11(17-10)8-15-9-5-6-14-12(7-9)16-13/h3-7H,2,8,13H2,1H3,(H2,14,15,16). The van der Waals surface area contributed by atoms with E-state index in [-0.39, 0.29) is 0 Å². The van der Waals surface area contributed by atoms with Crippen molar-refractivity contribution in [1.82, 2.24) is 4.98 Å². The maximum atomic E-state index is 5.31. The Labute approximate surface area is 105 Å². The van der Waals surface area contributed by atoms with Gasteiger partial charge in [-0.3, -0.25) is 0 Å². The van der Waals surface area contributed by atoms with Crippen molar-refractivity contribution >= 4 is 22.8 Å². The van der Waals surface area contributed by atoms with Crippen LogP contribution < -0.4 is 16.6 Å². The zero-order valence-corrected chi connectivity index (χ0v) is 10.6. The first kappa shape index (κ1) is 11.9. The van der Waals surface area contributed by atoms with Gasteiger partial charge in [0, 0.05) is 34.2 Å². The van der Waals surface area contributed by atoms with E-state index in [0.717, 1.165) is 18.7 Å². The number of aryl methyl sites for hydroxylation is 1. The molecule has 0 spiro atoms. The molecule has 0 saturated carbocycles. The van der Waals surface area contributed by atoms with Crippen LogP contribution in [0.15, 0.2) is 30.5 Å². The van der Waals surface area contributed by atoms with Gasteiger partial charge in [-0.15, -0.1) is 11.3 Å². The van der Waals surface area contributed by atoms with Gasteiger partial charge in [-0.25, -0.2) is 10.8 Å². The minimum absolute atomic E-state index is 0.662. The largest absolute Gasteiger partial charge is 0.380 e. The van der Waals surface area contributed by atoms with E-state index < -0.39 is 0 Å². The molecule has 0 radical (unpaired) electrons. The summed E-state index contributed by atoms with van der Waals surface area (Å²) in [6.07, 6.45) is 2.82. The van der Waals surface area contributed by atoms with E-state index in [0.29, 0.717) is 5.82 Å². The molecule has 0 unspecified atom stereocenters. The molecule has 0 bridgehead atoms. The molecule has 0 aromatic carbocycles. The molecule has 0 atom stereocenters. The van der Waals surface area contributed by atoms with Crippen LogP contribution in [-0.2, 0) is 13.0 Å². The van der Waals surface area contributed by atoms with E-state index >= 15 is 0 Å². The Hall–Kier alpha value is -1.59. The Balaban J connectivity index is 1.96. The second kappa shape index (κ2) is 5.65. The van der Waals surface area contributed by atoms with E-state index in [1.165, 1.54) is 9.75 Å². The van der Waals surface area contributed by atoms with Crippen LogP contribution in [-0.4, -0.2) is 4.98 Å². The van der Waals surface area contributed by atoms with Crippen LogP contribution in [0.2, 0.25) is 0 Å². The van der Waals surface area contributed by atoms with Gasteiger partial charge < -0.3 is 10.7 Å². The summed E-state index contributed by atoms with van der Waals surface area (Å²) in [5.41, 5.74) is 3.54. The van der Waals surface area contributed by atoms with E-state index in [2.05, 4.69) is 34.8 Å². The van der Waals surface area contributed by atoms with Crippen LogP contribution in [0.4, 0.5) is 11.5 Å². The molecule has 0 amide bonds. The third kappa shape index (κ3) is 3.18. The Morgan fingerprint density at radius 2 is 2.12 bits per heavy atom. The number of thiophene rings is 1. The summed E-state index contributed by atoms with van der Waals surface area (Å²) in [6.45, 7) is 3.00. The quantitative estimate of drug-likeness (QED) is 0.562. The van der Waals surface area contributed by atoms with Crippen molar-refractivity contribution < 1.29 is 0 Å². The third-order valence-corrected chi connectivity index (χ3v) is 3.67. The lowest BCUT2D eigenvalue weighted by Crippen LogP contribution is -2.08. The predicted octanol–water partition coefficient (Wildman–Crippen LogP) is 2.60. The topological polar surface area (TPSA) is 63.0 Å². The number of pyridine rings is 1. The molecule has 17 heavy (non-hydrogen) atoms. The van der Waals surface area contributed by atoms with E-state index in [1.54, 1.807) is 6.20 Å². The van der Waals surface area contributed by atoms with Gasteiger partial charge in [-0.2, -0.15) is 0 Å². The number of nitrogens with two attached hydrogens (primary N) is 1. The lowest BCUT2D eigenvalue weighted by Gasteiger charge is -2.06. The van der Waals surface area contributed by atoms with Crippen molar-refractivity contribution in [3.05, 3.63) is 40.2 Å². The fourth-order valence-electron chi connectivity index (χ4n) is 1.52. The Morgan fingerprint density at radius 3 is 2.82 bits per heavy atom. The number of hydrogen-bond donors (Lipinski definition) is 3. The van der Waals surface area contributed by atoms with Crippen molar-refractivity contribution in [1.29, 1.82) is 0 Å². The first-order chi connectivity index (χ1) is 8.31. The molecule has 2 rings (SSSR count). The Morgan fingerprint density at radius 1 is 1.29 bits per heavy atom. The second-order valence-corrected chi connectivity index (χ2v) is 4.90. The molecule has 2 heterocycles. The number of nitrogens with one attached hydrogen (secondary N) is 2. The second-order valence-electron chi connectivity index (χ2n) is 3.65. The molecule has 2 aromatic rings. The normalized spacial score (nSPS) is 10.2. The van der Waals surface area contributed by atoms with Crippen LogP contribution in [0.25, 0.3) is 0 Å². The molecule has 0 fully saturated rings. The number of anilines is 2. The Bertz CT molecular complexity index is 481. The summed E-state index contributed by atoms with van der Waals surface area (Å²) in [5, 5.41) is 3.35. The average molecular weight is 248 g/mol. The Kier molecular flexibility index (Phi) is 3.95. The summed E-state index contributed by atoms with van der Waals surface area (Å²) in [4.78, 5) is 6.81. The van der Waals surface area contributed by atoms with E-state index in [1.807, 2.05) is 23.5 Å². The maximum Gasteiger partial charge on any atom is 0.141 e. The lowest BCUT2D eigenvalue weighted by molar-refractivity contribution is 1.17. The lowest BCUT2D eigenvalue weighted by atomic mass is 10.3. The molecule has 4 nitrogen and oxygen atoms in total. The van der Waals surface area contributed by atoms with Crippen LogP contribution >= 0.6 is 11.3 Å². The first-order valence-corrected chi connectivity index (χ1v) is 6.37. The summed E-state index contributed by atoms with van der Waals surface area (Å²) < 4.78 is 0. The first-order valence-electron chi connectivity index (χ1n) is 5.56. The summed E-state index contributed by atoms with van der Waals surface area (Å²) in [7, 11) is 0. The van der Waals surface area contributed by atoms with Crippen molar-refractivity contribution in [2.45, 2.75) is 19.9 Å². The van der Waals surface area contributed by atoms with Crippen LogP contribution in [0.5, 0.6) is 0 Å². The minimum Gasteiger partial charge on any atom is -0.380 e. The number of hydrazine groups is 1. The number of aromatic nitrogens is 1. The van der Waals surface area contributed by atoms with Crippen molar-refractivity contribution in [2.24, 2.45) is 5.84 Å².